The van der Waals surface area contributed by atoms with E-state index in [1.54, 1.807) is 5.56 Å². The predicted molar refractivity (Wildman–Crippen MR) is 309 cm³/mol. The first-order valence-electron chi connectivity index (χ1n) is 23.3. The second-order valence-electron chi connectivity index (χ2n) is 18.6. The molecule has 0 bridgehead atoms. The highest BCUT2D eigenvalue weighted by Crippen LogP contribution is 2.51. The minimum absolute atomic E-state index is 0. The fourth-order valence-electron chi connectivity index (χ4n) is 9.89. The standard InChI is InChI=1S/C39H38O.C14H22.C7H8.C2H6.3ClH.H2O/c1-11-26-19-30(39(9,10)40)36-28(20(2)3)17-24(7)33-32-25(8)18-29(27-15-13-12-14-21(27)4)31-22(5)16-23(6)34(37(31)32)35(26)38(33)36;1-6-12-13(10(2)3)8-7-9-14(12)11(4)5;1-7-5-3-2-4-6-7;1-2;;;;/h11-19,40H,1-2H2,3-10H3;7-11H,6H2,1-5H3;2-6H,1H3;1-2H3;3*1H;1H2. The first-order chi connectivity index (χ1) is 29.8. The first-order valence-corrected chi connectivity index (χ1v) is 23.3. The summed E-state index contributed by atoms with van der Waals surface area (Å²) in [6, 6.07) is 34.9. The van der Waals surface area contributed by atoms with Crippen molar-refractivity contribution >= 4 is 92.0 Å². The van der Waals surface area contributed by atoms with Gasteiger partial charge < -0.3 is 10.6 Å². The Morgan fingerprint density at radius 1 is 0.567 bits per heavy atom. The highest BCUT2D eigenvalue weighted by atomic mass is 35.5. The molecule has 67 heavy (non-hydrogen) atoms. The lowest BCUT2D eigenvalue weighted by Crippen LogP contribution is -2.17. The van der Waals surface area contributed by atoms with E-state index in [-0.39, 0.29) is 42.7 Å². The van der Waals surface area contributed by atoms with E-state index in [0.29, 0.717) is 11.8 Å². The van der Waals surface area contributed by atoms with E-state index in [1.165, 1.54) is 93.3 Å². The summed E-state index contributed by atoms with van der Waals surface area (Å²) in [5.41, 5.74) is 17.9. The van der Waals surface area contributed by atoms with Crippen LogP contribution in [0.4, 0.5) is 0 Å². The molecule has 5 heteroatoms. The summed E-state index contributed by atoms with van der Waals surface area (Å²) in [4.78, 5) is 0. The summed E-state index contributed by atoms with van der Waals surface area (Å²) in [7, 11) is 0. The van der Waals surface area contributed by atoms with Gasteiger partial charge in [0.1, 0.15) is 0 Å². The molecule has 360 valence electrons. The van der Waals surface area contributed by atoms with Crippen molar-refractivity contribution in [2.24, 2.45) is 0 Å². The zero-order chi connectivity index (χ0) is 46.7. The normalized spacial score (nSPS) is 10.7. The monoisotopic (exact) mass is 961 g/mol. The lowest BCUT2D eigenvalue weighted by Gasteiger charge is -2.28. The Morgan fingerprint density at radius 3 is 1.48 bits per heavy atom. The van der Waals surface area contributed by atoms with Gasteiger partial charge in [-0.1, -0.05) is 170 Å². The number of aliphatic hydroxyl groups is 1. The summed E-state index contributed by atoms with van der Waals surface area (Å²) in [6.45, 7) is 43.1. The maximum absolute atomic E-state index is 11.5. The van der Waals surface area contributed by atoms with Crippen molar-refractivity contribution in [2.75, 3.05) is 0 Å². The van der Waals surface area contributed by atoms with Gasteiger partial charge in [-0.3, -0.25) is 0 Å². The molecular weight excluding hydrogens is 883 g/mol. The quantitative estimate of drug-likeness (QED) is 0.126. The van der Waals surface area contributed by atoms with Crippen molar-refractivity contribution in [1.29, 1.82) is 0 Å². The van der Waals surface area contributed by atoms with E-state index >= 15 is 0 Å². The van der Waals surface area contributed by atoms with Crippen LogP contribution >= 0.6 is 37.2 Å². The van der Waals surface area contributed by atoms with Crippen molar-refractivity contribution < 1.29 is 10.6 Å². The van der Waals surface area contributed by atoms with Crippen molar-refractivity contribution in [3.8, 4) is 11.1 Å². The number of aryl methyl sites for hydroxylation is 6. The van der Waals surface area contributed by atoms with Crippen molar-refractivity contribution in [2.45, 2.75) is 135 Å². The average Bonchev–Trinajstić information content (AvgIpc) is 3.24. The molecule has 0 saturated heterocycles. The third-order valence-electron chi connectivity index (χ3n) is 12.7. The van der Waals surface area contributed by atoms with Crippen molar-refractivity contribution in [3.63, 3.8) is 0 Å². The van der Waals surface area contributed by atoms with Crippen LogP contribution in [0.2, 0.25) is 0 Å². The van der Waals surface area contributed by atoms with Gasteiger partial charge in [-0.05, 0) is 202 Å². The van der Waals surface area contributed by atoms with Gasteiger partial charge in [-0.15, -0.1) is 37.2 Å². The number of rotatable bonds is 7. The zero-order valence-electron chi connectivity index (χ0n) is 43.3. The van der Waals surface area contributed by atoms with Crippen molar-refractivity contribution in [3.05, 3.63) is 177 Å². The molecule has 8 aromatic rings. The molecule has 0 fully saturated rings. The fourth-order valence-corrected chi connectivity index (χ4v) is 9.89. The SMILES string of the molecule is C=Cc1cc(C(C)(C)O)c2c(C(=C)C)cc(C)c3c4c(C)cc(-c5ccccc5C)c5c(C)cc(C)c(c1c23)c54.CC.CCc1c(C(C)C)cccc1C(C)C.Cc1ccccc1.Cl.Cl.Cl.O. The molecule has 3 N–H and O–H groups in total. The van der Waals surface area contributed by atoms with Crippen LogP contribution in [0.1, 0.15) is 148 Å². The van der Waals surface area contributed by atoms with Gasteiger partial charge >= 0.3 is 0 Å². The van der Waals surface area contributed by atoms with E-state index < -0.39 is 5.60 Å². The van der Waals surface area contributed by atoms with Gasteiger partial charge in [0, 0.05) is 0 Å². The maximum atomic E-state index is 11.5. The van der Waals surface area contributed by atoms with Crippen LogP contribution in [0.5, 0.6) is 0 Å². The van der Waals surface area contributed by atoms with Crippen LogP contribution in [0.15, 0.2) is 110 Å². The minimum atomic E-state index is -1.03. The lowest BCUT2D eigenvalue weighted by molar-refractivity contribution is 0.0802. The molecule has 0 aliphatic rings. The number of hydrogen-bond acceptors (Lipinski definition) is 1. The number of benzene rings is 8. The van der Waals surface area contributed by atoms with Crippen LogP contribution in [0.3, 0.4) is 0 Å². The molecule has 0 amide bonds. The van der Waals surface area contributed by atoms with Crippen LogP contribution in [0, 0.1) is 41.5 Å². The average molecular weight is 963 g/mol. The van der Waals surface area contributed by atoms with E-state index in [2.05, 4.69) is 175 Å². The Labute approximate surface area is 422 Å². The Balaban J connectivity index is 0.000000691. The van der Waals surface area contributed by atoms with E-state index in [0.717, 1.165) is 34.1 Å². The summed E-state index contributed by atoms with van der Waals surface area (Å²) in [5, 5.41) is 21.5. The smallest absolute Gasteiger partial charge is 0.0846 e. The Hall–Kier alpha value is -4.67. The van der Waals surface area contributed by atoms with Crippen LogP contribution in [0.25, 0.3) is 65.9 Å². The summed E-state index contributed by atoms with van der Waals surface area (Å²) < 4.78 is 0. The van der Waals surface area contributed by atoms with Gasteiger partial charge in [0.15, 0.2) is 0 Å². The summed E-state index contributed by atoms with van der Waals surface area (Å²) in [6.07, 6.45) is 3.12. The minimum Gasteiger partial charge on any atom is -0.412 e. The highest BCUT2D eigenvalue weighted by molar-refractivity contribution is 6.38. The third kappa shape index (κ3) is 12.0. The predicted octanol–water partition coefficient (Wildman–Crippen LogP) is 18.8. The van der Waals surface area contributed by atoms with Gasteiger partial charge in [0.05, 0.1) is 5.60 Å². The molecule has 0 aromatic heterocycles. The topological polar surface area (TPSA) is 51.7 Å². The van der Waals surface area contributed by atoms with E-state index in [9.17, 15) is 5.11 Å². The number of fused-ring (bicyclic) bond motifs is 2. The molecule has 0 aliphatic heterocycles. The summed E-state index contributed by atoms with van der Waals surface area (Å²) in [5.74, 6) is 1.28. The van der Waals surface area contributed by atoms with Crippen LogP contribution < -0.4 is 0 Å². The zero-order valence-corrected chi connectivity index (χ0v) is 45.7. The molecule has 0 unspecified atom stereocenters. The molecule has 0 spiro atoms. The van der Waals surface area contributed by atoms with Crippen LogP contribution in [-0.2, 0) is 12.0 Å². The molecule has 0 heterocycles. The molecule has 8 rings (SSSR count). The molecule has 8 aromatic carbocycles. The maximum Gasteiger partial charge on any atom is 0.0846 e. The molecular formula is C62H79Cl3O2. The third-order valence-corrected chi connectivity index (χ3v) is 12.7. The first kappa shape index (κ1) is 60.3. The molecule has 0 atom stereocenters. The fraction of sp³-hybridized carbons (Fsp3) is 0.323. The van der Waals surface area contributed by atoms with Gasteiger partial charge in [-0.25, -0.2) is 0 Å². The van der Waals surface area contributed by atoms with E-state index in [4.69, 9.17) is 0 Å². The number of halogens is 3. The molecule has 0 saturated carbocycles. The Bertz CT molecular complexity index is 2910. The lowest BCUT2D eigenvalue weighted by atomic mass is 9.76. The molecule has 2 nitrogen and oxygen atoms in total. The second-order valence-corrected chi connectivity index (χ2v) is 18.6. The Kier molecular flexibility index (Phi) is 22.6. The van der Waals surface area contributed by atoms with Gasteiger partial charge in [-0.2, -0.15) is 0 Å². The van der Waals surface area contributed by atoms with Gasteiger partial charge in [0.25, 0.3) is 0 Å². The largest absolute Gasteiger partial charge is 0.412 e. The van der Waals surface area contributed by atoms with Crippen molar-refractivity contribution in [1.82, 2.24) is 0 Å². The number of allylic oxidation sites excluding steroid dienone is 1. The highest BCUT2D eigenvalue weighted by Gasteiger charge is 2.29. The van der Waals surface area contributed by atoms with Gasteiger partial charge in [0.2, 0.25) is 0 Å². The summed E-state index contributed by atoms with van der Waals surface area (Å²) >= 11 is 0. The van der Waals surface area contributed by atoms with E-state index in [1.807, 2.05) is 52.0 Å². The number of hydrogen-bond donors (Lipinski definition) is 1. The second kappa shape index (κ2) is 25.1. The molecule has 0 aliphatic carbocycles. The van der Waals surface area contributed by atoms with Crippen LogP contribution in [-0.4, -0.2) is 10.6 Å². The molecule has 0 radical (unpaired) electrons. The Morgan fingerprint density at radius 2 is 1.03 bits per heavy atom.